The number of rotatable bonds is 4. The number of hydrogen-bond acceptors (Lipinski definition) is 3. The fraction of sp³-hybridized carbons (Fsp3) is 0.444. The molecular weight excluding hydrogens is 170 g/mol. The van der Waals surface area contributed by atoms with Crippen LogP contribution in [0, 0.1) is 0 Å². The van der Waals surface area contributed by atoms with Crippen LogP contribution in [-0.2, 0) is 11.3 Å². The summed E-state index contributed by atoms with van der Waals surface area (Å²) in [7, 11) is 0. The Bertz CT molecular complexity index is 301. The van der Waals surface area contributed by atoms with E-state index < -0.39 is 11.5 Å². The van der Waals surface area contributed by atoms with Crippen LogP contribution in [0.2, 0.25) is 0 Å². The molecule has 13 heavy (non-hydrogen) atoms. The summed E-state index contributed by atoms with van der Waals surface area (Å²) in [4.78, 5) is 10.8. The smallest absolute Gasteiger partial charge is 0.323 e. The largest absolute Gasteiger partial charge is 0.480 e. The average molecular weight is 181 g/mol. The molecule has 0 aliphatic heterocycles. The molecule has 1 saturated carbocycles. The van der Waals surface area contributed by atoms with Crippen molar-refractivity contribution >= 4 is 5.97 Å². The Labute approximate surface area is 75.6 Å². The summed E-state index contributed by atoms with van der Waals surface area (Å²) in [5.41, 5.74) is 0.324. The molecule has 4 nitrogen and oxygen atoms in total. The van der Waals surface area contributed by atoms with E-state index in [1.54, 1.807) is 12.5 Å². The van der Waals surface area contributed by atoms with E-state index in [-0.39, 0.29) is 0 Å². The van der Waals surface area contributed by atoms with Gasteiger partial charge >= 0.3 is 5.97 Å². The third-order valence-electron chi connectivity index (χ3n) is 2.37. The zero-order chi connectivity index (χ0) is 9.31. The van der Waals surface area contributed by atoms with Crippen LogP contribution < -0.4 is 5.32 Å². The van der Waals surface area contributed by atoms with Crippen molar-refractivity contribution in [3.8, 4) is 0 Å². The molecule has 0 saturated heterocycles. The Kier molecular flexibility index (Phi) is 1.84. The fourth-order valence-electron chi connectivity index (χ4n) is 1.26. The Morgan fingerprint density at radius 2 is 2.46 bits per heavy atom. The van der Waals surface area contributed by atoms with E-state index in [0.29, 0.717) is 6.54 Å². The van der Waals surface area contributed by atoms with Gasteiger partial charge in [-0.2, -0.15) is 0 Å². The maximum Gasteiger partial charge on any atom is 0.323 e. The molecule has 1 aromatic rings. The summed E-state index contributed by atoms with van der Waals surface area (Å²) in [6.45, 7) is 0.558. The molecule has 0 spiro atoms. The maximum atomic E-state index is 10.8. The molecule has 0 radical (unpaired) electrons. The summed E-state index contributed by atoms with van der Waals surface area (Å²) in [6.07, 6.45) is 4.64. The van der Waals surface area contributed by atoms with Gasteiger partial charge in [0.15, 0.2) is 0 Å². The SMILES string of the molecule is O=C(O)C1(NCc2ccoc2)CC1. The summed E-state index contributed by atoms with van der Waals surface area (Å²) in [6, 6.07) is 1.82. The van der Waals surface area contributed by atoms with Crippen LogP contribution >= 0.6 is 0 Å². The number of furan rings is 1. The van der Waals surface area contributed by atoms with E-state index in [4.69, 9.17) is 9.52 Å². The Morgan fingerprint density at radius 1 is 1.69 bits per heavy atom. The summed E-state index contributed by atoms with van der Waals surface area (Å²) >= 11 is 0. The second-order valence-corrected chi connectivity index (χ2v) is 3.37. The van der Waals surface area contributed by atoms with Crippen LogP contribution in [-0.4, -0.2) is 16.6 Å². The first-order valence-corrected chi connectivity index (χ1v) is 4.22. The highest BCUT2D eigenvalue weighted by atomic mass is 16.4. The molecule has 1 heterocycles. The van der Waals surface area contributed by atoms with Crippen LogP contribution in [0.5, 0.6) is 0 Å². The minimum atomic E-state index is -0.754. The lowest BCUT2D eigenvalue weighted by Crippen LogP contribution is -2.38. The van der Waals surface area contributed by atoms with E-state index in [0.717, 1.165) is 18.4 Å². The van der Waals surface area contributed by atoms with Gasteiger partial charge in [0.05, 0.1) is 12.5 Å². The van der Waals surface area contributed by atoms with E-state index in [2.05, 4.69) is 5.32 Å². The molecular formula is C9H11NO3. The molecule has 0 unspecified atom stereocenters. The highest BCUT2D eigenvalue weighted by Gasteiger charge is 2.49. The molecule has 2 N–H and O–H groups in total. The first kappa shape index (κ1) is 8.31. The molecule has 0 aromatic carbocycles. The van der Waals surface area contributed by atoms with Crippen molar-refractivity contribution in [2.75, 3.05) is 0 Å². The van der Waals surface area contributed by atoms with Crippen LogP contribution in [0.4, 0.5) is 0 Å². The van der Waals surface area contributed by atoms with Crippen molar-refractivity contribution in [2.45, 2.75) is 24.9 Å². The second kappa shape index (κ2) is 2.88. The first-order valence-electron chi connectivity index (χ1n) is 4.22. The monoisotopic (exact) mass is 181 g/mol. The van der Waals surface area contributed by atoms with E-state index in [1.807, 2.05) is 6.07 Å². The van der Waals surface area contributed by atoms with Crippen LogP contribution in [0.3, 0.4) is 0 Å². The van der Waals surface area contributed by atoms with Gasteiger partial charge in [-0.3, -0.25) is 10.1 Å². The van der Waals surface area contributed by atoms with Gasteiger partial charge in [0.1, 0.15) is 5.54 Å². The van der Waals surface area contributed by atoms with Gasteiger partial charge in [-0.15, -0.1) is 0 Å². The molecule has 0 amide bonds. The van der Waals surface area contributed by atoms with Gasteiger partial charge in [-0.1, -0.05) is 0 Å². The average Bonchev–Trinajstić information content (AvgIpc) is 2.73. The molecule has 70 valence electrons. The van der Waals surface area contributed by atoms with Crippen LogP contribution in [0.25, 0.3) is 0 Å². The number of carboxylic acids is 1. The second-order valence-electron chi connectivity index (χ2n) is 3.37. The molecule has 1 aromatic heterocycles. The van der Waals surface area contributed by atoms with Gasteiger partial charge < -0.3 is 9.52 Å². The third-order valence-corrected chi connectivity index (χ3v) is 2.37. The standard InChI is InChI=1S/C9H11NO3/c11-8(12)9(2-3-9)10-5-7-1-4-13-6-7/h1,4,6,10H,2-3,5H2,(H,11,12). The van der Waals surface area contributed by atoms with Crippen molar-refractivity contribution in [1.29, 1.82) is 0 Å². The van der Waals surface area contributed by atoms with E-state index >= 15 is 0 Å². The van der Waals surface area contributed by atoms with E-state index in [9.17, 15) is 4.79 Å². The molecule has 0 bridgehead atoms. The minimum absolute atomic E-state index is 0.558. The number of hydrogen-bond donors (Lipinski definition) is 2. The molecule has 1 fully saturated rings. The van der Waals surface area contributed by atoms with Crippen LogP contribution in [0.15, 0.2) is 23.0 Å². The number of nitrogens with one attached hydrogen (secondary N) is 1. The van der Waals surface area contributed by atoms with Crippen molar-refractivity contribution < 1.29 is 14.3 Å². The lowest BCUT2D eigenvalue weighted by Gasteiger charge is -2.10. The summed E-state index contributed by atoms with van der Waals surface area (Å²) in [5.74, 6) is -0.754. The van der Waals surface area contributed by atoms with Gasteiger partial charge in [-0.25, -0.2) is 0 Å². The molecule has 1 aliphatic carbocycles. The zero-order valence-corrected chi connectivity index (χ0v) is 7.12. The Hall–Kier alpha value is -1.29. The third kappa shape index (κ3) is 1.58. The minimum Gasteiger partial charge on any atom is -0.480 e. The van der Waals surface area contributed by atoms with Crippen molar-refractivity contribution in [3.05, 3.63) is 24.2 Å². The summed E-state index contributed by atoms with van der Waals surface area (Å²) in [5, 5.41) is 11.9. The lowest BCUT2D eigenvalue weighted by molar-refractivity contribution is -0.140. The first-order chi connectivity index (χ1) is 6.23. The van der Waals surface area contributed by atoms with Crippen LogP contribution in [0.1, 0.15) is 18.4 Å². The van der Waals surface area contributed by atoms with Gasteiger partial charge in [0.2, 0.25) is 0 Å². The van der Waals surface area contributed by atoms with Crippen molar-refractivity contribution in [1.82, 2.24) is 5.32 Å². The molecule has 1 aliphatic rings. The normalized spacial score (nSPS) is 18.5. The Balaban J connectivity index is 1.90. The zero-order valence-electron chi connectivity index (χ0n) is 7.12. The van der Waals surface area contributed by atoms with E-state index in [1.165, 1.54) is 0 Å². The number of carboxylic acid groups (broad SMARTS) is 1. The Morgan fingerprint density at radius 3 is 2.92 bits per heavy atom. The molecule has 4 heteroatoms. The topological polar surface area (TPSA) is 62.5 Å². The molecule has 2 rings (SSSR count). The molecule has 0 atom stereocenters. The maximum absolute atomic E-state index is 10.8. The van der Waals surface area contributed by atoms with Gasteiger partial charge in [-0.05, 0) is 18.9 Å². The van der Waals surface area contributed by atoms with Gasteiger partial charge in [0.25, 0.3) is 0 Å². The fourth-order valence-corrected chi connectivity index (χ4v) is 1.26. The summed E-state index contributed by atoms with van der Waals surface area (Å²) < 4.78 is 4.87. The highest BCUT2D eigenvalue weighted by molar-refractivity contribution is 5.82. The predicted octanol–water partition coefficient (Wildman–Crippen LogP) is 0.986. The lowest BCUT2D eigenvalue weighted by atomic mass is 10.2. The number of aliphatic carboxylic acids is 1. The van der Waals surface area contributed by atoms with Gasteiger partial charge in [0, 0.05) is 12.1 Å². The predicted molar refractivity (Wildman–Crippen MR) is 45.1 cm³/mol. The number of carbonyl (C=O) groups is 1. The quantitative estimate of drug-likeness (QED) is 0.727. The van der Waals surface area contributed by atoms with Crippen molar-refractivity contribution in [2.24, 2.45) is 0 Å². The highest BCUT2D eigenvalue weighted by Crippen LogP contribution is 2.35. The van der Waals surface area contributed by atoms with Crippen molar-refractivity contribution in [3.63, 3.8) is 0 Å².